The maximum atomic E-state index is 5.44. The Morgan fingerprint density at radius 3 is 2.75 bits per heavy atom. The standard InChI is InChI=1S/C17H25NOSe/c1-3-7-16-15-12-14(19-2)10-11-17(15)20-18(16)13-8-5-4-6-9-13/h10-13,16H,3-9H2,1-2H3. The fraction of sp³-hybridized carbons (Fsp3) is 0.647. The van der Waals surface area contributed by atoms with Crippen LogP contribution in [0.4, 0.5) is 0 Å². The van der Waals surface area contributed by atoms with Crippen LogP contribution in [0.25, 0.3) is 0 Å². The Hall–Kier alpha value is -0.501. The molecule has 1 aromatic rings. The fourth-order valence-electron chi connectivity index (χ4n) is 3.53. The Labute approximate surface area is 129 Å². The molecule has 1 aliphatic heterocycles. The number of benzene rings is 1. The summed E-state index contributed by atoms with van der Waals surface area (Å²) in [6.45, 7) is 2.31. The third kappa shape index (κ3) is 2.77. The number of fused-ring (bicyclic) bond motifs is 1. The molecule has 110 valence electrons. The first-order valence-electron chi connectivity index (χ1n) is 7.97. The van der Waals surface area contributed by atoms with Gasteiger partial charge in [0.1, 0.15) is 0 Å². The van der Waals surface area contributed by atoms with Gasteiger partial charge in [-0.05, 0) is 0 Å². The molecule has 2 nitrogen and oxygen atoms in total. The zero-order valence-electron chi connectivity index (χ0n) is 12.6. The van der Waals surface area contributed by atoms with E-state index in [0.717, 1.165) is 11.8 Å². The number of nitrogens with zero attached hydrogens (tertiary/aromatic N) is 1. The summed E-state index contributed by atoms with van der Waals surface area (Å²) in [5, 5.41) is 0. The normalized spacial score (nSPS) is 23.8. The monoisotopic (exact) mass is 339 g/mol. The molecule has 1 heterocycles. The van der Waals surface area contributed by atoms with Crippen molar-refractivity contribution < 1.29 is 4.74 Å². The van der Waals surface area contributed by atoms with Gasteiger partial charge < -0.3 is 0 Å². The van der Waals surface area contributed by atoms with Gasteiger partial charge >= 0.3 is 129 Å². The first-order chi connectivity index (χ1) is 9.83. The fourth-order valence-corrected chi connectivity index (χ4v) is 6.39. The second-order valence-corrected chi connectivity index (χ2v) is 8.14. The number of ether oxygens (including phenoxy) is 1. The van der Waals surface area contributed by atoms with Gasteiger partial charge in [0.2, 0.25) is 0 Å². The zero-order valence-corrected chi connectivity index (χ0v) is 14.3. The molecule has 2 aliphatic rings. The molecule has 0 aromatic heterocycles. The van der Waals surface area contributed by atoms with Crippen molar-refractivity contribution in [1.29, 1.82) is 0 Å². The van der Waals surface area contributed by atoms with E-state index < -0.39 is 0 Å². The quantitative estimate of drug-likeness (QED) is 0.780. The van der Waals surface area contributed by atoms with Crippen LogP contribution in [0.2, 0.25) is 0 Å². The van der Waals surface area contributed by atoms with Crippen LogP contribution < -0.4 is 9.20 Å². The molecule has 1 saturated carbocycles. The summed E-state index contributed by atoms with van der Waals surface area (Å²) in [5.41, 5.74) is 1.55. The summed E-state index contributed by atoms with van der Waals surface area (Å²) in [7, 11) is 1.77. The Balaban J connectivity index is 1.86. The van der Waals surface area contributed by atoms with Crippen LogP contribution in [0.5, 0.6) is 5.75 Å². The van der Waals surface area contributed by atoms with E-state index in [9.17, 15) is 0 Å². The molecule has 3 rings (SSSR count). The molecule has 0 N–H and O–H groups in total. The van der Waals surface area contributed by atoms with Gasteiger partial charge in [-0.2, -0.15) is 0 Å². The van der Waals surface area contributed by atoms with Crippen LogP contribution in [0.1, 0.15) is 63.5 Å². The molecule has 20 heavy (non-hydrogen) atoms. The van der Waals surface area contributed by atoms with Gasteiger partial charge in [-0.3, -0.25) is 0 Å². The van der Waals surface area contributed by atoms with Crippen LogP contribution in [-0.2, 0) is 0 Å². The van der Waals surface area contributed by atoms with E-state index in [1.807, 2.05) is 0 Å². The first-order valence-corrected chi connectivity index (χ1v) is 9.60. The van der Waals surface area contributed by atoms with Crippen molar-refractivity contribution in [2.75, 3.05) is 7.11 Å². The number of methoxy groups -OCH3 is 1. The van der Waals surface area contributed by atoms with E-state index in [2.05, 4.69) is 29.0 Å². The molecule has 0 bridgehead atoms. The summed E-state index contributed by atoms with van der Waals surface area (Å²) in [6, 6.07) is 8.21. The molecule has 1 fully saturated rings. The van der Waals surface area contributed by atoms with Crippen molar-refractivity contribution >= 4 is 19.6 Å². The average Bonchev–Trinajstić information content (AvgIpc) is 2.86. The SMILES string of the molecule is CCCC1c2cc(OC)ccc2[Se]N1C1CCCCC1. The average molecular weight is 338 g/mol. The second-order valence-electron chi connectivity index (χ2n) is 5.95. The Kier molecular flexibility index (Phi) is 4.70. The molecule has 0 amide bonds. The summed E-state index contributed by atoms with van der Waals surface area (Å²) in [5.74, 6) is 1.02. The molecule has 1 atom stereocenters. The van der Waals surface area contributed by atoms with Crippen molar-refractivity contribution in [2.45, 2.75) is 64.0 Å². The molecule has 1 unspecified atom stereocenters. The van der Waals surface area contributed by atoms with Gasteiger partial charge in [0, 0.05) is 0 Å². The molecular weight excluding hydrogens is 313 g/mol. The third-order valence-electron chi connectivity index (χ3n) is 4.58. The molecule has 1 aliphatic carbocycles. The topological polar surface area (TPSA) is 12.5 Å². The van der Waals surface area contributed by atoms with Gasteiger partial charge in [0.25, 0.3) is 0 Å². The molecule has 0 spiro atoms. The van der Waals surface area contributed by atoms with E-state index in [1.165, 1.54) is 44.9 Å². The van der Waals surface area contributed by atoms with E-state index in [1.54, 1.807) is 17.1 Å². The predicted octanol–water partition coefficient (Wildman–Crippen LogP) is 3.43. The van der Waals surface area contributed by atoms with Crippen molar-refractivity contribution in [3.63, 3.8) is 0 Å². The van der Waals surface area contributed by atoms with E-state index in [-0.39, 0.29) is 0 Å². The summed E-state index contributed by atoms with van der Waals surface area (Å²) in [6.07, 6.45) is 9.67. The predicted molar refractivity (Wildman–Crippen MR) is 84.7 cm³/mol. The van der Waals surface area contributed by atoms with Gasteiger partial charge in [-0.1, -0.05) is 0 Å². The molecule has 0 radical (unpaired) electrons. The van der Waals surface area contributed by atoms with Crippen LogP contribution in [0.15, 0.2) is 18.2 Å². The minimum atomic E-state index is 0.517. The van der Waals surface area contributed by atoms with Crippen LogP contribution in [0, 0.1) is 0 Å². The van der Waals surface area contributed by atoms with E-state index in [4.69, 9.17) is 4.74 Å². The Morgan fingerprint density at radius 1 is 1.25 bits per heavy atom. The van der Waals surface area contributed by atoms with Gasteiger partial charge in [-0.15, -0.1) is 0 Å². The van der Waals surface area contributed by atoms with Gasteiger partial charge in [0.05, 0.1) is 0 Å². The van der Waals surface area contributed by atoms with Gasteiger partial charge in [-0.25, -0.2) is 0 Å². The number of hydrogen-bond acceptors (Lipinski definition) is 2. The molecular formula is C17H25NOSe. The molecule has 0 saturated heterocycles. The van der Waals surface area contributed by atoms with Crippen LogP contribution >= 0.6 is 0 Å². The van der Waals surface area contributed by atoms with E-state index in [0.29, 0.717) is 21.2 Å². The molecule has 3 heteroatoms. The Morgan fingerprint density at radius 2 is 2.05 bits per heavy atom. The minimum absolute atomic E-state index is 0.517. The maximum absolute atomic E-state index is 5.44. The zero-order chi connectivity index (χ0) is 13.9. The van der Waals surface area contributed by atoms with Crippen LogP contribution in [-0.4, -0.2) is 32.2 Å². The Bertz CT molecular complexity index is 456. The van der Waals surface area contributed by atoms with E-state index >= 15 is 0 Å². The van der Waals surface area contributed by atoms with Crippen molar-refractivity contribution in [3.8, 4) is 5.75 Å². The van der Waals surface area contributed by atoms with Crippen molar-refractivity contribution in [3.05, 3.63) is 23.8 Å². The summed E-state index contributed by atoms with van der Waals surface area (Å²) >= 11 is 0.517. The summed E-state index contributed by atoms with van der Waals surface area (Å²) < 4.78 is 9.87. The number of hydrogen-bond donors (Lipinski definition) is 0. The third-order valence-corrected chi connectivity index (χ3v) is 7.38. The van der Waals surface area contributed by atoms with Crippen molar-refractivity contribution in [2.24, 2.45) is 0 Å². The first kappa shape index (κ1) is 14.4. The molecule has 1 aromatic carbocycles. The van der Waals surface area contributed by atoms with Crippen molar-refractivity contribution in [1.82, 2.24) is 3.92 Å². The second kappa shape index (κ2) is 6.51. The summed E-state index contributed by atoms with van der Waals surface area (Å²) in [4.78, 5) is 0. The number of rotatable bonds is 4. The van der Waals surface area contributed by atoms with Gasteiger partial charge in [0.15, 0.2) is 0 Å². The van der Waals surface area contributed by atoms with Crippen LogP contribution in [0.3, 0.4) is 0 Å².